The minimum absolute atomic E-state index is 0.0243. The highest BCUT2D eigenvalue weighted by atomic mass is 16.1. The Bertz CT molecular complexity index is 379. The monoisotopic (exact) mass is 173 g/mol. The molecule has 0 radical (unpaired) electrons. The quantitative estimate of drug-likeness (QED) is 0.636. The topological polar surface area (TPSA) is 29.1 Å². The van der Waals surface area contributed by atoms with Crippen LogP contribution < -0.4 is 5.32 Å². The first-order chi connectivity index (χ1) is 6.27. The van der Waals surface area contributed by atoms with Crippen LogP contribution in [0.3, 0.4) is 0 Å². The Morgan fingerprint density at radius 3 is 2.92 bits per heavy atom. The van der Waals surface area contributed by atoms with Crippen LogP contribution in [0.2, 0.25) is 0 Å². The third-order valence-electron chi connectivity index (χ3n) is 2.22. The maximum absolute atomic E-state index is 11.3. The fourth-order valence-corrected chi connectivity index (χ4v) is 1.45. The van der Waals surface area contributed by atoms with Gasteiger partial charge >= 0.3 is 0 Å². The van der Waals surface area contributed by atoms with E-state index in [4.69, 9.17) is 0 Å². The lowest BCUT2D eigenvalue weighted by atomic mass is 10.1. The largest absolute Gasteiger partial charge is 0.348 e. The van der Waals surface area contributed by atoms with Gasteiger partial charge in [0.2, 0.25) is 5.91 Å². The predicted octanol–water partition coefficient (Wildman–Crippen LogP) is 1.72. The summed E-state index contributed by atoms with van der Waals surface area (Å²) < 4.78 is 0. The summed E-state index contributed by atoms with van der Waals surface area (Å²) in [6.07, 6.45) is 1.93. The van der Waals surface area contributed by atoms with E-state index in [2.05, 4.69) is 5.32 Å². The smallest absolute Gasteiger partial charge is 0.247 e. The van der Waals surface area contributed by atoms with Crippen LogP contribution in [0.1, 0.15) is 18.1 Å². The minimum atomic E-state index is 0.0243. The van der Waals surface area contributed by atoms with Gasteiger partial charge in [-0.15, -0.1) is 0 Å². The molecule has 1 aliphatic heterocycles. The molecular formula is C11H11NO. The summed E-state index contributed by atoms with van der Waals surface area (Å²) in [5, 5.41) is 2.84. The summed E-state index contributed by atoms with van der Waals surface area (Å²) in [7, 11) is 0. The van der Waals surface area contributed by atoms with Gasteiger partial charge in [0.05, 0.1) is 0 Å². The number of carbonyl (C=O) groups is 1. The Morgan fingerprint density at radius 1 is 1.31 bits per heavy atom. The molecule has 2 heteroatoms. The second-order valence-corrected chi connectivity index (χ2v) is 3.21. The van der Waals surface area contributed by atoms with Crippen molar-refractivity contribution in [3.05, 3.63) is 41.0 Å². The van der Waals surface area contributed by atoms with Crippen LogP contribution in [0.4, 0.5) is 0 Å². The highest BCUT2D eigenvalue weighted by molar-refractivity contribution is 5.98. The van der Waals surface area contributed by atoms with Gasteiger partial charge in [-0.2, -0.15) is 0 Å². The van der Waals surface area contributed by atoms with Crippen molar-refractivity contribution in [1.82, 2.24) is 5.32 Å². The molecule has 1 aliphatic rings. The summed E-state index contributed by atoms with van der Waals surface area (Å²) in [6, 6.07) is 8.03. The Hall–Kier alpha value is -1.57. The molecule has 0 spiro atoms. The molecule has 1 amide bonds. The molecule has 2 rings (SSSR count). The summed E-state index contributed by atoms with van der Waals surface area (Å²) >= 11 is 0. The average molecular weight is 173 g/mol. The highest BCUT2D eigenvalue weighted by Crippen LogP contribution is 2.15. The molecule has 1 aromatic carbocycles. The van der Waals surface area contributed by atoms with E-state index in [9.17, 15) is 4.79 Å². The molecule has 13 heavy (non-hydrogen) atoms. The number of amides is 1. The first-order valence-electron chi connectivity index (χ1n) is 4.32. The number of benzene rings is 1. The number of fused-ring (bicyclic) bond motifs is 1. The summed E-state index contributed by atoms with van der Waals surface area (Å²) in [4.78, 5) is 11.3. The zero-order valence-corrected chi connectivity index (χ0v) is 7.50. The molecule has 0 atom stereocenters. The van der Waals surface area contributed by atoms with E-state index in [1.54, 1.807) is 0 Å². The molecule has 66 valence electrons. The molecule has 1 heterocycles. The van der Waals surface area contributed by atoms with Crippen molar-refractivity contribution < 1.29 is 4.79 Å². The lowest BCUT2D eigenvalue weighted by molar-refractivity contribution is -0.117. The Labute approximate surface area is 77.3 Å². The lowest BCUT2D eigenvalue weighted by Crippen LogP contribution is -2.21. The van der Waals surface area contributed by atoms with Gasteiger partial charge in [-0.1, -0.05) is 24.3 Å². The number of rotatable bonds is 0. The van der Waals surface area contributed by atoms with Crippen molar-refractivity contribution in [3.63, 3.8) is 0 Å². The van der Waals surface area contributed by atoms with Gasteiger partial charge in [-0.3, -0.25) is 4.79 Å². The van der Waals surface area contributed by atoms with E-state index < -0.39 is 0 Å². The van der Waals surface area contributed by atoms with Crippen molar-refractivity contribution in [3.8, 4) is 0 Å². The molecular weight excluding hydrogens is 162 g/mol. The molecule has 1 aromatic rings. The van der Waals surface area contributed by atoms with Gasteiger partial charge in [0.1, 0.15) is 0 Å². The summed E-state index contributed by atoms with van der Waals surface area (Å²) in [5.41, 5.74) is 3.08. The molecule has 2 nitrogen and oxygen atoms in total. The fourth-order valence-electron chi connectivity index (χ4n) is 1.45. The number of nitrogens with one attached hydrogen (secondary N) is 1. The third-order valence-corrected chi connectivity index (χ3v) is 2.22. The molecule has 1 N–H and O–H groups in total. The van der Waals surface area contributed by atoms with Gasteiger partial charge in [0.15, 0.2) is 0 Å². The Kier molecular flexibility index (Phi) is 1.89. The summed E-state index contributed by atoms with van der Waals surface area (Å²) in [5.74, 6) is 0.0243. The van der Waals surface area contributed by atoms with E-state index in [-0.39, 0.29) is 5.91 Å². The average Bonchev–Trinajstić information content (AvgIpc) is 2.28. The van der Waals surface area contributed by atoms with Crippen molar-refractivity contribution in [2.45, 2.75) is 13.5 Å². The second-order valence-electron chi connectivity index (χ2n) is 3.21. The van der Waals surface area contributed by atoms with Crippen LogP contribution in [0.25, 0.3) is 6.08 Å². The molecule has 0 saturated carbocycles. The first kappa shape index (κ1) is 8.05. The van der Waals surface area contributed by atoms with Gasteiger partial charge in [-0.25, -0.2) is 0 Å². The first-order valence-corrected chi connectivity index (χ1v) is 4.32. The molecule has 0 aromatic heterocycles. The van der Waals surface area contributed by atoms with Crippen LogP contribution in [-0.4, -0.2) is 5.91 Å². The zero-order valence-electron chi connectivity index (χ0n) is 7.50. The number of hydrogen-bond acceptors (Lipinski definition) is 1. The number of hydrogen-bond donors (Lipinski definition) is 1. The molecule has 0 saturated heterocycles. The SMILES string of the molecule is CC1=Cc2ccccc2CNC1=O. The molecule has 0 aliphatic carbocycles. The van der Waals surface area contributed by atoms with Gasteiger partial charge in [-0.05, 0) is 24.1 Å². The van der Waals surface area contributed by atoms with Gasteiger partial charge in [0, 0.05) is 12.1 Å². The van der Waals surface area contributed by atoms with Gasteiger partial charge in [0.25, 0.3) is 0 Å². The Balaban J connectivity index is 2.51. The highest BCUT2D eigenvalue weighted by Gasteiger charge is 2.10. The van der Waals surface area contributed by atoms with E-state index in [1.807, 2.05) is 37.3 Å². The molecule has 0 fully saturated rings. The maximum atomic E-state index is 11.3. The van der Waals surface area contributed by atoms with Gasteiger partial charge < -0.3 is 5.32 Å². The van der Waals surface area contributed by atoms with Crippen LogP contribution >= 0.6 is 0 Å². The number of carbonyl (C=O) groups excluding carboxylic acids is 1. The van der Waals surface area contributed by atoms with E-state index in [0.717, 1.165) is 11.1 Å². The maximum Gasteiger partial charge on any atom is 0.247 e. The van der Waals surface area contributed by atoms with Crippen LogP contribution in [-0.2, 0) is 11.3 Å². The van der Waals surface area contributed by atoms with E-state index in [0.29, 0.717) is 6.54 Å². The van der Waals surface area contributed by atoms with Crippen molar-refractivity contribution in [2.24, 2.45) is 0 Å². The van der Waals surface area contributed by atoms with Crippen LogP contribution in [0, 0.1) is 0 Å². The standard InChI is InChI=1S/C11H11NO/c1-8-6-9-4-2-3-5-10(9)7-12-11(8)13/h2-6H,7H2,1H3,(H,12,13). The van der Waals surface area contributed by atoms with Crippen molar-refractivity contribution >= 4 is 12.0 Å². The lowest BCUT2D eigenvalue weighted by Gasteiger charge is -2.02. The summed E-state index contributed by atoms with van der Waals surface area (Å²) in [6.45, 7) is 2.46. The third kappa shape index (κ3) is 1.47. The molecule has 0 unspecified atom stereocenters. The molecule has 0 bridgehead atoms. The zero-order chi connectivity index (χ0) is 9.26. The van der Waals surface area contributed by atoms with E-state index in [1.165, 1.54) is 5.56 Å². The fraction of sp³-hybridized carbons (Fsp3) is 0.182. The van der Waals surface area contributed by atoms with Crippen molar-refractivity contribution in [2.75, 3.05) is 0 Å². The second kappa shape index (κ2) is 3.05. The predicted molar refractivity (Wildman–Crippen MR) is 51.9 cm³/mol. The Morgan fingerprint density at radius 2 is 2.08 bits per heavy atom. The van der Waals surface area contributed by atoms with Crippen LogP contribution in [0.15, 0.2) is 29.8 Å². The van der Waals surface area contributed by atoms with E-state index >= 15 is 0 Å². The normalized spacial score (nSPS) is 15.5. The van der Waals surface area contributed by atoms with Crippen molar-refractivity contribution in [1.29, 1.82) is 0 Å². The van der Waals surface area contributed by atoms with Crippen LogP contribution in [0.5, 0.6) is 0 Å². The minimum Gasteiger partial charge on any atom is -0.348 e.